The molecule has 0 bridgehead atoms. The van der Waals surface area contributed by atoms with Gasteiger partial charge in [0.25, 0.3) is 0 Å². The molecule has 70 valence electrons. The lowest BCUT2D eigenvalue weighted by Crippen LogP contribution is -2.30. The molecule has 0 rings (SSSR count). The highest BCUT2D eigenvalue weighted by Gasteiger charge is 2.11. The number of nitrogens with two attached hydrogens (primary N) is 1. The number of ketones is 1. The molecule has 1 amide bonds. The maximum absolute atomic E-state index is 11.0. The van der Waals surface area contributed by atoms with Gasteiger partial charge in [-0.1, -0.05) is 6.92 Å². The van der Waals surface area contributed by atoms with Gasteiger partial charge in [0, 0.05) is 25.4 Å². The largest absolute Gasteiger partial charge is 0.355 e. The van der Waals surface area contributed by atoms with E-state index in [2.05, 4.69) is 5.32 Å². The van der Waals surface area contributed by atoms with Crippen LogP contribution in [0.2, 0.25) is 0 Å². The van der Waals surface area contributed by atoms with E-state index < -0.39 is 0 Å². The molecule has 0 fully saturated rings. The highest BCUT2D eigenvalue weighted by atomic mass is 16.2. The van der Waals surface area contributed by atoms with Crippen molar-refractivity contribution in [1.82, 2.24) is 5.32 Å². The summed E-state index contributed by atoms with van der Waals surface area (Å²) in [5, 5.41) is 2.60. The van der Waals surface area contributed by atoms with Crippen LogP contribution < -0.4 is 11.1 Å². The molecule has 0 saturated carbocycles. The molecule has 12 heavy (non-hydrogen) atoms. The second-order valence-electron chi connectivity index (χ2n) is 2.85. The van der Waals surface area contributed by atoms with Crippen molar-refractivity contribution in [3.63, 3.8) is 0 Å². The molecule has 0 aromatic carbocycles. The Morgan fingerprint density at radius 2 is 2.08 bits per heavy atom. The minimum Gasteiger partial charge on any atom is -0.355 e. The summed E-state index contributed by atoms with van der Waals surface area (Å²) in [7, 11) is 0. The van der Waals surface area contributed by atoms with Crippen LogP contribution in [-0.2, 0) is 9.59 Å². The number of rotatable bonds is 5. The lowest BCUT2D eigenvalue weighted by atomic mass is 10.0. The Bertz CT molecular complexity index is 168. The molecule has 4 nitrogen and oxygen atoms in total. The van der Waals surface area contributed by atoms with Gasteiger partial charge in [-0.2, -0.15) is 0 Å². The molecule has 0 aromatic heterocycles. The molecule has 0 heterocycles. The van der Waals surface area contributed by atoms with E-state index in [1.165, 1.54) is 6.92 Å². The maximum atomic E-state index is 11.0. The SMILES string of the molecule is CC(=O)C(C)CC(=O)NCCN. The normalized spacial score (nSPS) is 12.2. The van der Waals surface area contributed by atoms with Gasteiger partial charge in [0.15, 0.2) is 0 Å². The van der Waals surface area contributed by atoms with Gasteiger partial charge in [0.2, 0.25) is 5.91 Å². The molecule has 0 saturated heterocycles. The van der Waals surface area contributed by atoms with Gasteiger partial charge in [-0.3, -0.25) is 9.59 Å². The number of carbonyl (C=O) groups is 2. The van der Waals surface area contributed by atoms with Gasteiger partial charge in [0.05, 0.1) is 0 Å². The first-order valence-corrected chi connectivity index (χ1v) is 4.05. The van der Waals surface area contributed by atoms with Crippen molar-refractivity contribution in [1.29, 1.82) is 0 Å². The molecular formula is C8H16N2O2. The van der Waals surface area contributed by atoms with Gasteiger partial charge in [-0.15, -0.1) is 0 Å². The van der Waals surface area contributed by atoms with Crippen molar-refractivity contribution in [2.24, 2.45) is 11.7 Å². The van der Waals surface area contributed by atoms with Crippen LogP contribution in [0, 0.1) is 5.92 Å². The fraction of sp³-hybridized carbons (Fsp3) is 0.750. The predicted octanol–water partition coefficient (Wildman–Crippen LogP) is -0.323. The fourth-order valence-electron chi connectivity index (χ4n) is 0.706. The number of amides is 1. The third kappa shape index (κ3) is 4.85. The van der Waals surface area contributed by atoms with Crippen molar-refractivity contribution >= 4 is 11.7 Å². The number of carbonyl (C=O) groups excluding carboxylic acids is 2. The van der Waals surface area contributed by atoms with E-state index in [4.69, 9.17) is 5.73 Å². The quantitative estimate of drug-likeness (QED) is 0.596. The minimum absolute atomic E-state index is 0.0397. The van der Waals surface area contributed by atoms with Crippen molar-refractivity contribution in [2.45, 2.75) is 20.3 Å². The van der Waals surface area contributed by atoms with Crippen LogP contribution in [0.5, 0.6) is 0 Å². The van der Waals surface area contributed by atoms with Crippen LogP contribution in [0.15, 0.2) is 0 Å². The van der Waals surface area contributed by atoms with Crippen LogP contribution in [0.1, 0.15) is 20.3 Å². The summed E-state index contributed by atoms with van der Waals surface area (Å²) >= 11 is 0. The summed E-state index contributed by atoms with van der Waals surface area (Å²) in [5.74, 6) is -0.260. The van der Waals surface area contributed by atoms with Gasteiger partial charge >= 0.3 is 0 Å². The third-order valence-electron chi connectivity index (χ3n) is 1.65. The zero-order chi connectivity index (χ0) is 9.56. The smallest absolute Gasteiger partial charge is 0.220 e. The Morgan fingerprint density at radius 1 is 1.50 bits per heavy atom. The molecule has 0 aliphatic carbocycles. The molecule has 3 N–H and O–H groups in total. The Kier molecular flexibility index (Phi) is 5.28. The van der Waals surface area contributed by atoms with E-state index in [0.717, 1.165) is 0 Å². The molecule has 1 atom stereocenters. The predicted molar refractivity (Wildman–Crippen MR) is 46.5 cm³/mol. The molecule has 0 aliphatic heterocycles. The van der Waals surface area contributed by atoms with Gasteiger partial charge in [-0.05, 0) is 6.92 Å². The average molecular weight is 172 g/mol. The van der Waals surface area contributed by atoms with Crippen LogP contribution >= 0.6 is 0 Å². The zero-order valence-corrected chi connectivity index (χ0v) is 7.59. The summed E-state index contributed by atoms with van der Waals surface area (Å²) in [6, 6.07) is 0. The van der Waals surface area contributed by atoms with Crippen LogP contribution in [-0.4, -0.2) is 24.8 Å². The molecule has 0 spiro atoms. The Balaban J connectivity index is 3.61. The first-order chi connectivity index (χ1) is 5.57. The van der Waals surface area contributed by atoms with Gasteiger partial charge < -0.3 is 11.1 Å². The number of hydrogen-bond acceptors (Lipinski definition) is 3. The fourth-order valence-corrected chi connectivity index (χ4v) is 0.706. The summed E-state index contributed by atoms with van der Waals surface area (Å²) in [6.45, 7) is 4.13. The Hall–Kier alpha value is -0.900. The molecule has 0 aromatic rings. The van der Waals surface area contributed by atoms with E-state index in [0.29, 0.717) is 13.1 Å². The summed E-state index contributed by atoms with van der Waals surface area (Å²) in [6.07, 6.45) is 0.259. The van der Waals surface area contributed by atoms with E-state index in [-0.39, 0.29) is 24.0 Å². The monoisotopic (exact) mass is 172 g/mol. The second-order valence-corrected chi connectivity index (χ2v) is 2.85. The lowest BCUT2D eigenvalue weighted by molar-refractivity contribution is -0.127. The van der Waals surface area contributed by atoms with Crippen molar-refractivity contribution in [2.75, 3.05) is 13.1 Å². The molecular weight excluding hydrogens is 156 g/mol. The summed E-state index contributed by atoms with van der Waals surface area (Å²) in [5.41, 5.74) is 5.19. The number of Topliss-reactive ketones (excluding diaryl/α,β-unsaturated/α-hetero) is 1. The minimum atomic E-state index is -0.192. The Morgan fingerprint density at radius 3 is 2.50 bits per heavy atom. The van der Waals surface area contributed by atoms with Crippen molar-refractivity contribution in [3.05, 3.63) is 0 Å². The molecule has 0 radical (unpaired) electrons. The summed E-state index contributed by atoms with van der Waals surface area (Å²) < 4.78 is 0. The summed E-state index contributed by atoms with van der Waals surface area (Å²) in [4.78, 5) is 21.7. The highest BCUT2D eigenvalue weighted by molar-refractivity contribution is 5.85. The van der Waals surface area contributed by atoms with Crippen molar-refractivity contribution in [3.8, 4) is 0 Å². The van der Waals surface area contributed by atoms with E-state index in [1.54, 1.807) is 6.92 Å². The second kappa shape index (κ2) is 5.71. The van der Waals surface area contributed by atoms with Crippen LogP contribution in [0.25, 0.3) is 0 Å². The maximum Gasteiger partial charge on any atom is 0.220 e. The zero-order valence-electron chi connectivity index (χ0n) is 7.59. The van der Waals surface area contributed by atoms with Crippen LogP contribution in [0.3, 0.4) is 0 Å². The van der Waals surface area contributed by atoms with E-state index in [9.17, 15) is 9.59 Å². The number of nitrogens with one attached hydrogen (secondary N) is 1. The topological polar surface area (TPSA) is 72.2 Å². The molecule has 0 aliphatic rings. The molecule has 4 heteroatoms. The Labute approximate surface area is 72.5 Å². The van der Waals surface area contributed by atoms with Gasteiger partial charge in [0.1, 0.15) is 5.78 Å². The average Bonchev–Trinajstić information content (AvgIpc) is 2.00. The lowest BCUT2D eigenvalue weighted by Gasteiger charge is -2.06. The van der Waals surface area contributed by atoms with Crippen molar-refractivity contribution < 1.29 is 9.59 Å². The molecule has 1 unspecified atom stereocenters. The number of hydrogen-bond donors (Lipinski definition) is 2. The highest BCUT2D eigenvalue weighted by Crippen LogP contribution is 2.01. The standard InChI is InChI=1S/C8H16N2O2/c1-6(7(2)11)5-8(12)10-4-3-9/h6H,3-5,9H2,1-2H3,(H,10,12). The van der Waals surface area contributed by atoms with Gasteiger partial charge in [-0.25, -0.2) is 0 Å². The van der Waals surface area contributed by atoms with E-state index in [1.807, 2.05) is 0 Å². The van der Waals surface area contributed by atoms with E-state index >= 15 is 0 Å². The van der Waals surface area contributed by atoms with Crippen LogP contribution in [0.4, 0.5) is 0 Å². The first-order valence-electron chi connectivity index (χ1n) is 4.05. The first kappa shape index (κ1) is 11.1. The third-order valence-corrected chi connectivity index (χ3v) is 1.65.